The van der Waals surface area contributed by atoms with Gasteiger partial charge in [-0.3, -0.25) is 4.98 Å². The number of ether oxygens (including phenoxy) is 1. The van der Waals surface area contributed by atoms with Crippen LogP contribution in [0.4, 0.5) is 4.39 Å². The molecule has 0 bridgehead atoms. The maximum Gasteiger partial charge on any atom is 0.165 e. The van der Waals surface area contributed by atoms with Gasteiger partial charge in [0.15, 0.2) is 11.6 Å². The second-order valence-corrected chi connectivity index (χ2v) is 4.35. The molecule has 0 amide bonds. The number of nitrogens with one attached hydrogen (secondary N) is 1. The Bertz CT molecular complexity index is 572. The number of methoxy groups -OCH3 is 1. The first-order valence-electron chi connectivity index (χ1n) is 6.08. The molecule has 1 N–H and O–H groups in total. The average Bonchev–Trinajstić information content (AvgIpc) is 2.43. The number of halogens is 1. The Morgan fingerprint density at radius 3 is 2.74 bits per heavy atom. The zero-order valence-electron chi connectivity index (χ0n) is 11.3. The molecule has 1 heterocycles. The predicted octanol–water partition coefficient (Wildman–Crippen LogP) is 2.85. The number of rotatable bonds is 4. The molecule has 100 valence electrons. The fourth-order valence-electron chi connectivity index (χ4n) is 2.14. The van der Waals surface area contributed by atoms with Crippen LogP contribution in [0.5, 0.6) is 5.75 Å². The summed E-state index contributed by atoms with van der Waals surface area (Å²) in [7, 11) is 3.33. The highest BCUT2D eigenvalue weighted by molar-refractivity contribution is 5.39. The van der Waals surface area contributed by atoms with Crippen LogP contribution >= 0.6 is 0 Å². The fourth-order valence-corrected chi connectivity index (χ4v) is 2.14. The number of hydrogen-bond donors (Lipinski definition) is 1. The molecule has 0 spiro atoms. The molecule has 4 heteroatoms. The van der Waals surface area contributed by atoms with Gasteiger partial charge in [-0.1, -0.05) is 6.07 Å². The summed E-state index contributed by atoms with van der Waals surface area (Å²) in [5, 5.41) is 3.23. The van der Waals surface area contributed by atoms with E-state index in [0.29, 0.717) is 0 Å². The van der Waals surface area contributed by atoms with E-state index in [4.69, 9.17) is 4.74 Å². The molecule has 0 aliphatic rings. The van der Waals surface area contributed by atoms with Gasteiger partial charge in [0.25, 0.3) is 0 Å². The topological polar surface area (TPSA) is 34.1 Å². The minimum absolute atomic E-state index is 0.0387. The van der Waals surface area contributed by atoms with Crippen molar-refractivity contribution in [3.8, 4) is 5.75 Å². The quantitative estimate of drug-likeness (QED) is 0.918. The smallest absolute Gasteiger partial charge is 0.165 e. The molecule has 0 saturated carbocycles. The molecular weight excluding hydrogens is 243 g/mol. The summed E-state index contributed by atoms with van der Waals surface area (Å²) in [4.78, 5) is 4.15. The molecule has 1 unspecified atom stereocenters. The molecular formula is C15H17FN2O. The van der Waals surface area contributed by atoms with Crippen molar-refractivity contribution in [3.63, 3.8) is 0 Å². The minimum Gasteiger partial charge on any atom is -0.494 e. The third kappa shape index (κ3) is 2.74. The highest BCUT2D eigenvalue weighted by atomic mass is 19.1. The van der Waals surface area contributed by atoms with Gasteiger partial charge in [0.2, 0.25) is 0 Å². The highest BCUT2D eigenvalue weighted by Crippen LogP contribution is 2.28. The van der Waals surface area contributed by atoms with Crippen molar-refractivity contribution in [1.82, 2.24) is 10.3 Å². The molecule has 1 aromatic heterocycles. The van der Waals surface area contributed by atoms with Crippen molar-refractivity contribution in [2.75, 3.05) is 14.2 Å². The number of nitrogens with zero attached hydrogens (tertiary/aromatic N) is 1. The van der Waals surface area contributed by atoms with Gasteiger partial charge in [0, 0.05) is 12.4 Å². The number of pyridine rings is 1. The van der Waals surface area contributed by atoms with E-state index in [1.807, 2.05) is 26.2 Å². The average molecular weight is 260 g/mol. The fraction of sp³-hybridized carbons (Fsp3) is 0.267. The Balaban J connectivity index is 2.45. The predicted molar refractivity (Wildman–Crippen MR) is 72.8 cm³/mol. The van der Waals surface area contributed by atoms with Gasteiger partial charge in [0.1, 0.15) is 0 Å². The normalized spacial score (nSPS) is 12.2. The van der Waals surface area contributed by atoms with E-state index in [1.54, 1.807) is 18.3 Å². The first-order chi connectivity index (χ1) is 9.17. The van der Waals surface area contributed by atoms with E-state index >= 15 is 0 Å². The molecule has 19 heavy (non-hydrogen) atoms. The number of aryl methyl sites for hydroxylation is 1. The SMILES string of the molecule is CNC(c1ccc(F)c(OC)c1)c1cnccc1C. The Morgan fingerprint density at radius 2 is 2.11 bits per heavy atom. The van der Waals surface area contributed by atoms with Crippen LogP contribution in [-0.2, 0) is 0 Å². The summed E-state index contributed by atoms with van der Waals surface area (Å²) < 4.78 is 18.5. The van der Waals surface area contributed by atoms with Crippen molar-refractivity contribution in [1.29, 1.82) is 0 Å². The third-order valence-corrected chi connectivity index (χ3v) is 3.19. The Hall–Kier alpha value is -1.94. The molecule has 3 nitrogen and oxygen atoms in total. The third-order valence-electron chi connectivity index (χ3n) is 3.19. The Labute approximate surface area is 112 Å². The van der Waals surface area contributed by atoms with Gasteiger partial charge in [-0.15, -0.1) is 0 Å². The molecule has 2 rings (SSSR count). The van der Waals surface area contributed by atoms with E-state index in [2.05, 4.69) is 10.3 Å². The van der Waals surface area contributed by atoms with Crippen LogP contribution in [0.1, 0.15) is 22.7 Å². The van der Waals surface area contributed by atoms with Crippen LogP contribution in [0, 0.1) is 12.7 Å². The van der Waals surface area contributed by atoms with Gasteiger partial charge < -0.3 is 10.1 Å². The number of benzene rings is 1. The van der Waals surface area contributed by atoms with E-state index in [0.717, 1.165) is 16.7 Å². The van der Waals surface area contributed by atoms with Crippen molar-refractivity contribution < 1.29 is 9.13 Å². The first-order valence-corrected chi connectivity index (χ1v) is 6.08. The lowest BCUT2D eigenvalue weighted by Crippen LogP contribution is -2.19. The van der Waals surface area contributed by atoms with Gasteiger partial charge in [-0.05, 0) is 48.9 Å². The van der Waals surface area contributed by atoms with Crippen molar-refractivity contribution in [2.24, 2.45) is 0 Å². The lowest BCUT2D eigenvalue weighted by Gasteiger charge is -2.19. The summed E-state index contributed by atoms with van der Waals surface area (Å²) in [5.74, 6) is -0.108. The lowest BCUT2D eigenvalue weighted by atomic mass is 9.96. The lowest BCUT2D eigenvalue weighted by molar-refractivity contribution is 0.385. The highest BCUT2D eigenvalue weighted by Gasteiger charge is 2.16. The van der Waals surface area contributed by atoms with Crippen molar-refractivity contribution >= 4 is 0 Å². The maximum absolute atomic E-state index is 13.5. The largest absolute Gasteiger partial charge is 0.494 e. The van der Waals surface area contributed by atoms with Gasteiger partial charge in [0.05, 0.1) is 13.2 Å². The number of hydrogen-bond acceptors (Lipinski definition) is 3. The molecule has 0 saturated heterocycles. The van der Waals surface area contributed by atoms with E-state index < -0.39 is 0 Å². The molecule has 1 atom stereocenters. The molecule has 0 fully saturated rings. The van der Waals surface area contributed by atoms with Crippen LogP contribution in [-0.4, -0.2) is 19.1 Å². The minimum atomic E-state index is -0.357. The second-order valence-electron chi connectivity index (χ2n) is 4.35. The van der Waals surface area contributed by atoms with Crippen molar-refractivity contribution in [2.45, 2.75) is 13.0 Å². The zero-order chi connectivity index (χ0) is 13.8. The van der Waals surface area contributed by atoms with Crippen LogP contribution in [0.25, 0.3) is 0 Å². The van der Waals surface area contributed by atoms with Gasteiger partial charge in [-0.2, -0.15) is 0 Å². The standard InChI is InChI=1S/C15H17FN2O/c1-10-6-7-18-9-12(10)15(17-2)11-4-5-13(16)14(8-11)19-3/h4-9,15,17H,1-3H3. The second kappa shape index (κ2) is 5.80. The number of aromatic nitrogens is 1. The molecule has 0 radical (unpaired) electrons. The summed E-state index contributed by atoms with van der Waals surface area (Å²) in [6, 6.07) is 6.81. The zero-order valence-corrected chi connectivity index (χ0v) is 11.3. The Kier molecular flexibility index (Phi) is 4.12. The molecule has 2 aromatic rings. The van der Waals surface area contributed by atoms with Gasteiger partial charge in [-0.25, -0.2) is 4.39 Å². The van der Waals surface area contributed by atoms with E-state index in [1.165, 1.54) is 13.2 Å². The molecule has 0 aliphatic carbocycles. The van der Waals surface area contributed by atoms with E-state index in [9.17, 15) is 4.39 Å². The van der Waals surface area contributed by atoms with Crippen LogP contribution in [0.2, 0.25) is 0 Å². The maximum atomic E-state index is 13.5. The van der Waals surface area contributed by atoms with Crippen LogP contribution in [0.3, 0.4) is 0 Å². The van der Waals surface area contributed by atoms with Crippen molar-refractivity contribution in [3.05, 3.63) is 59.2 Å². The van der Waals surface area contributed by atoms with Crippen LogP contribution in [0.15, 0.2) is 36.7 Å². The first kappa shape index (κ1) is 13.5. The summed E-state index contributed by atoms with van der Waals surface area (Å²) in [5.41, 5.74) is 3.15. The Morgan fingerprint density at radius 1 is 1.32 bits per heavy atom. The summed E-state index contributed by atoms with van der Waals surface area (Å²) in [6.07, 6.45) is 3.59. The molecule has 0 aliphatic heterocycles. The van der Waals surface area contributed by atoms with Crippen LogP contribution < -0.4 is 10.1 Å². The monoisotopic (exact) mass is 260 g/mol. The summed E-state index contributed by atoms with van der Waals surface area (Å²) in [6.45, 7) is 2.03. The molecule has 1 aromatic carbocycles. The summed E-state index contributed by atoms with van der Waals surface area (Å²) >= 11 is 0. The van der Waals surface area contributed by atoms with E-state index in [-0.39, 0.29) is 17.6 Å². The van der Waals surface area contributed by atoms with Gasteiger partial charge >= 0.3 is 0 Å².